The van der Waals surface area contributed by atoms with Crippen molar-refractivity contribution in [3.63, 3.8) is 0 Å². The summed E-state index contributed by atoms with van der Waals surface area (Å²) in [6.45, 7) is 0. The predicted molar refractivity (Wildman–Crippen MR) is 86.4 cm³/mol. The van der Waals surface area contributed by atoms with Gasteiger partial charge < -0.3 is 0 Å². The minimum atomic E-state index is 0.554. The number of hydrogen-bond acceptors (Lipinski definition) is 1. The third-order valence-electron chi connectivity index (χ3n) is 3.68. The van der Waals surface area contributed by atoms with Crippen LogP contribution in [0, 0.1) is 0 Å². The molecule has 1 heterocycles. The van der Waals surface area contributed by atoms with Crippen LogP contribution in [0.3, 0.4) is 0 Å². The summed E-state index contributed by atoms with van der Waals surface area (Å²) in [5.74, 6) is 0.554. The molecule has 0 fully saturated rings. The largest absolute Gasteiger partial charge is 0.144 e. The number of hydrogen-bond donors (Lipinski definition) is 0. The van der Waals surface area contributed by atoms with Crippen molar-refractivity contribution in [2.75, 3.05) is 0 Å². The lowest BCUT2D eigenvalue weighted by atomic mass is 9.96. The molecule has 0 radical (unpaired) electrons. The monoisotopic (exact) mass is 282 g/mol. The minimum Gasteiger partial charge on any atom is -0.144 e. The maximum absolute atomic E-state index is 6.18. The number of fused-ring (bicyclic) bond motifs is 5. The lowest BCUT2D eigenvalue weighted by Gasteiger charge is -2.09. The average Bonchev–Trinajstić information content (AvgIpc) is 2.94. The molecule has 4 rings (SSSR count). The predicted octanol–water partition coefficient (Wildman–Crippen LogP) is 5.95. The summed E-state index contributed by atoms with van der Waals surface area (Å²) in [4.78, 5) is 0. The maximum Gasteiger partial charge on any atom is 0.0480 e. The van der Waals surface area contributed by atoms with E-state index in [0.717, 1.165) is 0 Å². The van der Waals surface area contributed by atoms with Gasteiger partial charge in [0.05, 0.1) is 0 Å². The number of halogens is 1. The van der Waals surface area contributed by atoms with E-state index in [1.54, 1.807) is 11.3 Å². The molecule has 2 heteroatoms. The highest BCUT2D eigenvalue weighted by atomic mass is 35.5. The summed E-state index contributed by atoms with van der Waals surface area (Å²) in [7, 11) is 0. The van der Waals surface area contributed by atoms with Crippen molar-refractivity contribution in [2.45, 2.75) is 5.88 Å². The normalized spacial score (nSPS) is 11.6. The zero-order valence-corrected chi connectivity index (χ0v) is 11.8. The Morgan fingerprint density at radius 2 is 1.79 bits per heavy atom. The molecule has 0 amide bonds. The standard InChI is InChI=1S/C17H11ClS/c18-10-12-9-16-14(7-8-19-16)15-6-5-11-3-1-2-4-13(11)17(12)15/h1-9H,10H2. The molecular weight excluding hydrogens is 272 g/mol. The van der Waals surface area contributed by atoms with E-state index in [-0.39, 0.29) is 0 Å². The molecule has 0 saturated heterocycles. The Hall–Kier alpha value is -1.57. The highest BCUT2D eigenvalue weighted by Gasteiger charge is 2.09. The zero-order chi connectivity index (χ0) is 12.8. The van der Waals surface area contributed by atoms with Crippen LogP contribution in [0.5, 0.6) is 0 Å². The van der Waals surface area contributed by atoms with E-state index in [9.17, 15) is 0 Å². The van der Waals surface area contributed by atoms with Crippen molar-refractivity contribution < 1.29 is 0 Å². The minimum absolute atomic E-state index is 0.554. The Bertz CT molecular complexity index is 905. The Kier molecular flexibility index (Phi) is 2.51. The highest BCUT2D eigenvalue weighted by Crippen LogP contribution is 2.36. The van der Waals surface area contributed by atoms with Crippen LogP contribution in [0.4, 0.5) is 0 Å². The summed E-state index contributed by atoms with van der Waals surface area (Å²) < 4.78 is 1.32. The second-order valence-electron chi connectivity index (χ2n) is 4.71. The van der Waals surface area contributed by atoms with E-state index in [4.69, 9.17) is 11.6 Å². The third-order valence-corrected chi connectivity index (χ3v) is 4.84. The SMILES string of the molecule is ClCc1cc2sccc2c2ccc3ccccc3c12. The molecule has 0 saturated carbocycles. The Balaban J connectivity index is 2.35. The molecule has 4 aromatic rings. The van der Waals surface area contributed by atoms with E-state index in [1.165, 1.54) is 37.2 Å². The van der Waals surface area contributed by atoms with E-state index >= 15 is 0 Å². The summed E-state index contributed by atoms with van der Waals surface area (Å²) in [6, 6.07) is 17.4. The van der Waals surface area contributed by atoms with Gasteiger partial charge in [0.25, 0.3) is 0 Å². The molecule has 1 aromatic heterocycles. The summed E-state index contributed by atoms with van der Waals surface area (Å²) in [6.07, 6.45) is 0. The van der Waals surface area contributed by atoms with Gasteiger partial charge in [0.1, 0.15) is 0 Å². The van der Waals surface area contributed by atoms with Crippen LogP contribution in [-0.4, -0.2) is 0 Å². The number of thiophene rings is 1. The van der Waals surface area contributed by atoms with Crippen molar-refractivity contribution in [3.8, 4) is 0 Å². The van der Waals surface area contributed by atoms with Gasteiger partial charge in [0, 0.05) is 16.0 Å². The first-order chi connectivity index (χ1) is 9.38. The Morgan fingerprint density at radius 3 is 2.68 bits per heavy atom. The van der Waals surface area contributed by atoms with Gasteiger partial charge in [-0.3, -0.25) is 0 Å². The van der Waals surface area contributed by atoms with Crippen molar-refractivity contribution in [1.82, 2.24) is 0 Å². The fourth-order valence-electron chi connectivity index (χ4n) is 2.83. The topological polar surface area (TPSA) is 0 Å². The van der Waals surface area contributed by atoms with Crippen molar-refractivity contribution in [1.29, 1.82) is 0 Å². The van der Waals surface area contributed by atoms with Gasteiger partial charge >= 0.3 is 0 Å². The molecule has 0 N–H and O–H groups in total. The van der Waals surface area contributed by atoms with E-state index in [2.05, 4.69) is 53.9 Å². The Morgan fingerprint density at radius 1 is 0.895 bits per heavy atom. The molecule has 0 atom stereocenters. The van der Waals surface area contributed by atoms with Gasteiger partial charge in [-0.05, 0) is 44.6 Å². The first-order valence-electron chi connectivity index (χ1n) is 6.25. The molecule has 3 aromatic carbocycles. The van der Waals surface area contributed by atoms with Crippen LogP contribution in [-0.2, 0) is 5.88 Å². The van der Waals surface area contributed by atoms with Crippen molar-refractivity contribution in [3.05, 3.63) is 59.5 Å². The fraction of sp³-hybridized carbons (Fsp3) is 0.0588. The molecule has 19 heavy (non-hydrogen) atoms. The van der Waals surface area contributed by atoms with Gasteiger partial charge in [0.2, 0.25) is 0 Å². The van der Waals surface area contributed by atoms with Crippen LogP contribution in [0.25, 0.3) is 31.6 Å². The van der Waals surface area contributed by atoms with E-state index < -0.39 is 0 Å². The summed E-state index contributed by atoms with van der Waals surface area (Å²) >= 11 is 7.96. The molecule has 0 spiro atoms. The highest BCUT2D eigenvalue weighted by molar-refractivity contribution is 7.17. The second-order valence-corrected chi connectivity index (χ2v) is 5.93. The molecule has 0 aliphatic rings. The number of alkyl halides is 1. The van der Waals surface area contributed by atoms with Gasteiger partial charge in [-0.15, -0.1) is 22.9 Å². The number of rotatable bonds is 1. The smallest absolute Gasteiger partial charge is 0.0480 e. The van der Waals surface area contributed by atoms with Gasteiger partial charge in [0.15, 0.2) is 0 Å². The van der Waals surface area contributed by atoms with Gasteiger partial charge in [-0.2, -0.15) is 0 Å². The number of benzene rings is 3. The Labute approximate surface area is 120 Å². The fourth-order valence-corrected chi connectivity index (χ4v) is 3.91. The van der Waals surface area contributed by atoms with Crippen molar-refractivity contribution >= 4 is 54.6 Å². The van der Waals surface area contributed by atoms with Crippen LogP contribution >= 0.6 is 22.9 Å². The molecule has 92 valence electrons. The maximum atomic E-state index is 6.18. The lowest BCUT2D eigenvalue weighted by molar-refractivity contribution is 1.48. The quantitative estimate of drug-likeness (QED) is 0.299. The van der Waals surface area contributed by atoms with Crippen LogP contribution in [0.1, 0.15) is 5.56 Å². The average molecular weight is 283 g/mol. The first kappa shape index (κ1) is 11.3. The molecule has 0 bridgehead atoms. The van der Waals surface area contributed by atoms with Crippen molar-refractivity contribution in [2.24, 2.45) is 0 Å². The molecule has 0 unspecified atom stereocenters. The second kappa shape index (κ2) is 4.22. The van der Waals surface area contributed by atoms with E-state index in [1.807, 2.05) is 0 Å². The third kappa shape index (κ3) is 1.59. The van der Waals surface area contributed by atoms with Crippen LogP contribution in [0.2, 0.25) is 0 Å². The summed E-state index contributed by atoms with van der Waals surface area (Å²) in [5.41, 5.74) is 1.23. The lowest BCUT2D eigenvalue weighted by Crippen LogP contribution is -1.85. The van der Waals surface area contributed by atoms with Crippen LogP contribution < -0.4 is 0 Å². The molecule has 0 nitrogen and oxygen atoms in total. The van der Waals surface area contributed by atoms with Crippen LogP contribution in [0.15, 0.2) is 53.9 Å². The molecule has 0 aliphatic heterocycles. The molecule has 0 aliphatic carbocycles. The van der Waals surface area contributed by atoms with Gasteiger partial charge in [-0.1, -0.05) is 36.4 Å². The van der Waals surface area contributed by atoms with Gasteiger partial charge in [-0.25, -0.2) is 0 Å². The summed E-state index contributed by atoms with van der Waals surface area (Å²) in [5, 5.41) is 8.67. The van der Waals surface area contributed by atoms with E-state index in [0.29, 0.717) is 5.88 Å². The molecular formula is C17H11ClS. The zero-order valence-electron chi connectivity index (χ0n) is 10.2. The first-order valence-corrected chi connectivity index (χ1v) is 7.66.